The molecule has 3 aromatic heterocycles. The Morgan fingerprint density at radius 3 is 2.77 bits per heavy atom. The first-order valence-electron chi connectivity index (χ1n) is 9.77. The van der Waals surface area contributed by atoms with Crippen LogP contribution in [0.5, 0.6) is 0 Å². The van der Waals surface area contributed by atoms with Crippen LogP contribution in [0.2, 0.25) is 0 Å². The number of oxazole rings is 1. The zero-order chi connectivity index (χ0) is 21.2. The van der Waals surface area contributed by atoms with Crippen LogP contribution < -0.4 is 5.43 Å². The normalized spacial score (nSPS) is 15.8. The van der Waals surface area contributed by atoms with Gasteiger partial charge in [0.1, 0.15) is 5.56 Å². The second-order valence-corrected chi connectivity index (χ2v) is 8.82. The molecule has 0 unspecified atom stereocenters. The minimum absolute atomic E-state index is 0.0127. The van der Waals surface area contributed by atoms with Crippen molar-refractivity contribution in [3.8, 4) is 22.6 Å². The fourth-order valence-electron chi connectivity index (χ4n) is 4.48. The smallest absolute Gasteiger partial charge is 0.341 e. The molecule has 7 nitrogen and oxygen atoms in total. The molecule has 4 heterocycles. The van der Waals surface area contributed by atoms with Crippen molar-refractivity contribution in [1.82, 2.24) is 14.5 Å². The maximum atomic E-state index is 12.6. The predicted molar refractivity (Wildman–Crippen MR) is 113 cm³/mol. The number of aromatic nitrogens is 3. The molecule has 5 rings (SSSR count). The monoisotopic (exact) mass is 403 g/mol. The Morgan fingerprint density at radius 2 is 2.10 bits per heavy atom. The summed E-state index contributed by atoms with van der Waals surface area (Å²) in [6.07, 6.45) is 7.15. The first-order chi connectivity index (χ1) is 14.3. The van der Waals surface area contributed by atoms with E-state index in [0.717, 1.165) is 27.6 Å². The number of rotatable bonds is 2. The van der Waals surface area contributed by atoms with Gasteiger partial charge in [0, 0.05) is 41.0 Å². The molecule has 0 spiro atoms. The number of pyridine rings is 1. The summed E-state index contributed by atoms with van der Waals surface area (Å²) >= 11 is 0. The fourth-order valence-corrected chi connectivity index (χ4v) is 4.48. The number of aromatic amines is 1. The number of carboxylic acid groups (broad SMARTS) is 1. The van der Waals surface area contributed by atoms with Gasteiger partial charge in [-0.25, -0.2) is 9.78 Å². The quantitative estimate of drug-likeness (QED) is 0.513. The fraction of sp³-hybridized carbons (Fsp3) is 0.261. The summed E-state index contributed by atoms with van der Waals surface area (Å²) in [5, 5.41) is 10.5. The van der Waals surface area contributed by atoms with E-state index in [0.29, 0.717) is 17.9 Å². The van der Waals surface area contributed by atoms with Crippen molar-refractivity contribution in [2.24, 2.45) is 5.41 Å². The molecule has 0 fully saturated rings. The van der Waals surface area contributed by atoms with E-state index in [1.807, 2.05) is 22.9 Å². The van der Waals surface area contributed by atoms with Gasteiger partial charge in [-0.15, -0.1) is 0 Å². The summed E-state index contributed by atoms with van der Waals surface area (Å²) < 4.78 is 7.51. The summed E-state index contributed by atoms with van der Waals surface area (Å²) in [4.78, 5) is 31.6. The number of carboxylic acids is 1. The second-order valence-electron chi connectivity index (χ2n) is 8.82. The molecule has 1 atom stereocenters. The van der Waals surface area contributed by atoms with Crippen LogP contribution in [0.1, 0.15) is 42.7 Å². The average molecular weight is 403 g/mol. The Bertz CT molecular complexity index is 1350. The Balaban J connectivity index is 1.88. The van der Waals surface area contributed by atoms with Gasteiger partial charge in [0.15, 0.2) is 17.6 Å². The zero-order valence-corrected chi connectivity index (χ0v) is 16.9. The number of nitrogens with one attached hydrogen (secondary N) is 1. The lowest BCUT2D eigenvalue weighted by atomic mass is 9.78. The van der Waals surface area contributed by atoms with Crippen LogP contribution in [0.4, 0.5) is 0 Å². The molecule has 0 amide bonds. The third-order valence-electron chi connectivity index (χ3n) is 5.97. The lowest BCUT2D eigenvalue weighted by Crippen LogP contribution is -2.33. The van der Waals surface area contributed by atoms with Crippen LogP contribution in [0, 0.1) is 5.41 Å². The zero-order valence-electron chi connectivity index (χ0n) is 16.9. The molecule has 2 N–H and O–H groups in total. The number of carbonyl (C=O) groups is 1. The van der Waals surface area contributed by atoms with Crippen molar-refractivity contribution < 1.29 is 14.3 Å². The van der Waals surface area contributed by atoms with Gasteiger partial charge in [0.25, 0.3) is 0 Å². The van der Waals surface area contributed by atoms with Gasteiger partial charge in [-0.3, -0.25) is 4.79 Å². The summed E-state index contributed by atoms with van der Waals surface area (Å²) in [6, 6.07) is 5.45. The summed E-state index contributed by atoms with van der Waals surface area (Å²) in [5.74, 6) is -0.577. The average Bonchev–Trinajstić information content (AvgIpc) is 3.37. The first kappa shape index (κ1) is 18.4. The van der Waals surface area contributed by atoms with E-state index in [1.165, 1.54) is 18.7 Å². The van der Waals surface area contributed by atoms with Crippen LogP contribution in [0.25, 0.3) is 33.5 Å². The highest BCUT2D eigenvalue weighted by atomic mass is 16.4. The van der Waals surface area contributed by atoms with E-state index in [9.17, 15) is 14.7 Å². The molecular formula is C23H21N3O4. The number of H-pyrrole nitrogens is 1. The molecule has 0 radical (unpaired) electrons. The Morgan fingerprint density at radius 1 is 1.30 bits per heavy atom. The highest BCUT2D eigenvalue weighted by Crippen LogP contribution is 2.46. The minimum Gasteiger partial charge on any atom is -0.477 e. The van der Waals surface area contributed by atoms with Crippen LogP contribution in [-0.2, 0) is 6.42 Å². The van der Waals surface area contributed by atoms with Crippen molar-refractivity contribution in [2.45, 2.75) is 33.2 Å². The van der Waals surface area contributed by atoms with Crippen molar-refractivity contribution >= 4 is 16.9 Å². The summed E-state index contributed by atoms with van der Waals surface area (Å²) in [7, 11) is 0. The SMILES string of the molecule is CC(C)(C)[C@@H]1Cc2c(cc(-c3cnco3)c3cc[nH]c23)-c2cc(=O)c(C(=O)O)cn21. The van der Waals surface area contributed by atoms with Gasteiger partial charge < -0.3 is 19.1 Å². The third kappa shape index (κ3) is 2.62. The maximum Gasteiger partial charge on any atom is 0.341 e. The van der Waals surface area contributed by atoms with E-state index in [1.54, 1.807) is 6.20 Å². The van der Waals surface area contributed by atoms with Crippen molar-refractivity contribution in [3.63, 3.8) is 0 Å². The molecule has 1 aromatic carbocycles. The van der Waals surface area contributed by atoms with Gasteiger partial charge in [-0.2, -0.15) is 0 Å². The number of fused-ring (bicyclic) bond motifs is 5. The number of benzene rings is 1. The highest BCUT2D eigenvalue weighted by molar-refractivity contribution is 6.00. The van der Waals surface area contributed by atoms with Gasteiger partial charge in [0.05, 0.1) is 17.4 Å². The molecule has 0 saturated carbocycles. The highest BCUT2D eigenvalue weighted by Gasteiger charge is 2.35. The third-order valence-corrected chi connectivity index (χ3v) is 5.97. The van der Waals surface area contributed by atoms with Crippen molar-refractivity contribution in [1.29, 1.82) is 0 Å². The second kappa shape index (κ2) is 6.19. The van der Waals surface area contributed by atoms with Crippen LogP contribution in [0.3, 0.4) is 0 Å². The molecule has 1 aliphatic rings. The van der Waals surface area contributed by atoms with E-state index in [-0.39, 0.29) is 17.0 Å². The van der Waals surface area contributed by atoms with Crippen LogP contribution >= 0.6 is 0 Å². The molecule has 30 heavy (non-hydrogen) atoms. The van der Waals surface area contributed by atoms with Crippen molar-refractivity contribution in [3.05, 3.63) is 64.5 Å². The number of nitrogens with zero attached hydrogens (tertiary/aromatic N) is 2. The molecular weight excluding hydrogens is 382 g/mol. The van der Waals surface area contributed by atoms with E-state index in [4.69, 9.17) is 4.42 Å². The predicted octanol–water partition coefficient (Wildman–Crippen LogP) is 4.49. The first-order valence-corrected chi connectivity index (χ1v) is 9.77. The minimum atomic E-state index is -1.21. The molecule has 7 heteroatoms. The Hall–Kier alpha value is -3.61. The van der Waals surface area contributed by atoms with Gasteiger partial charge in [0.2, 0.25) is 0 Å². The largest absolute Gasteiger partial charge is 0.477 e. The Kier molecular flexibility index (Phi) is 3.80. The molecule has 0 bridgehead atoms. The van der Waals surface area contributed by atoms with Crippen LogP contribution in [-0.4, -0.2) is 25.6 Å². The number of aromatic carboxylic acids is 1. The van der Waals surface area contributed by atoms with E-state index < -0.39 is 11.4 Å². The van der Waals surface area contributed by atoms with Gasteiger partial charge in [-0.05, 0) is 29.5 Å². The Labute approximate surface area is 172 Å². The van der Waals surface area contributed by atoms with Gasteiger partial charge in [-0.1, -0.05) is 20.8 Å². The standard InChI is InChI=1S/C23H21N3O4/c1-23(2,3)20-7-15-13(17-8-18(27)16(22(28)29)10-26(17)20)6-14(19-9-24-11-30-19)12-4-5-25-21(12)15/h4-6,8-11,20,25H,7H2,1-3H3,(H,28,29)/t20-/m0/s1. The molecule has 152 valence electrons. The lowest BCUT2D eigenvalue weighted by molar-refractivity contribution is 0.0693. The maximum absolute atomic E-state index is 12.6. The van der Waals surface area contributed by atoms with Gasteiger partial charge >= 0.3 is 5.97 Å². The molecule has 4 aromatic rings. The number of hydrogen-bond donors (Lipinski definition) is 2. The van der Waals surface area contributed by atoms with Crippen molar-refractivity contribution in [2.75, 3.05) is 0 Å². The molecule has 1 aliphatic heterocycles. The summed E-state index contributed by atoms with van der Waals surface area (Å²) in [5.41, 5.74) is 3.72. The molecule has 0 aliphatic carbocycles. The lowest BCUT2D eigenvalue weighted by Gasteiger charge is -2.39. The topological polar surface area (TPSA) is 101 Å². The molecule has 0 saturated heterocycles. The number of hydrogen-bond acceptors (Lipinski definition) is 4. The van der Waals surface area contributed by atoms with E-state index >= 15 is 0 Å². The summed E-state index contributed by atoms with van der Waals surface area (Å²) in [6.45, 7) is 6.37. The van der Waals surface area contributed by atoms with Crippen LogP contribution in [0.15, 0.2) is 52.4 Å². The van der Waals surface area contributed by atoms with E-state index in [2.05, 4.69) is 30.7 Å².